The van der Waals surface area contributed by atoms with E-state index in [1.54, 1.807) is 24.3 Å². The van der Waals surface area contributed by atoms with Crippen LogP contribution in [0.4, 0.5) is 10.5 Å². The highest BCUT2D eigenvalue weighted by Gasteiger charge is 2.18. The third kappa shape index (κ3) is 2.67. The minimum absolute atomic E-state index is 0.0277. The molecule has 0 aliphatic heterocycles. The maximum atomic E-state index is 11.7. The van der Waals surface area contributed by atoms with E-state index in [1.165, 1.54) is 0 Å². The highest BCUT2D eigenvalue weighted by Crippen LogP contribution is 2.27. The number of carbonyl (C=O) groups is 2. The van der Waals surface area contributed by atoms with E-state index in [9.17, 15) is 9.59 Å². The molecular formula is C13H15N3O3. The average molecular weight is 261 g/mol. The number of fused-ring (bicyclic) bond motifs is 1. The summed E-state index contributed by atoms with van der Waals surface area (Å²) in [5.74, 6) is -1.11. The van der Waals surface area contributed by atoms with E-state index in [2.05, 4.69) is 15.6 Å². The summed E-state index contributed by atoms with van der Waals surface area (Å²) in [6.45, 7) is 3.65. The molecule has 0 unspecified atom stereocenters. The number of carboxylic acid groups (broad SMARTS) is 1. The summed E-state index contributed by atoms with van der Waals surface area (Å²) in [7, 11) is 0. The molecule has 0 saturated carbocycles. The van der Waals surface area contributed by atoms with Crippen LogP contribution in [0.5, 0.6) is 0 Å². The van der Waals surface area contributed by atoms with E-state index in [4.69, 9.17) is 5.11 Å². The summed E-state index contributed by atoms with van der Waals surface area (Å²) in [6, 6.07) is 6.63. The number of amides is 2. The van der Waals surface area contributed by atoms with Crippen molar-refractivity contribution in [1.82, 2.24) is 10.3 Å². The van der Waals surface area contributed by atoms with Gasteiger partial charge in [0.2, 0.25) is 0 Å². The summed E-state index contributed by atoms with van der Waals surface area (Å²) in [4.78, 5) is 25.7. The largest absolute Gasteiger partial charge is 0.477 e. The Morgan fingerprint density at radius 2 is 1.95 bits per heavy atom. The molecule has 1 aromatic heterocycles. The first-order chi connectivity index (χ1) is 8.99. The van der Waals surface area contributed by atoms with Gasteiger partial charge in [-0.2, -0.15) is 0 Å². The number of urea groups is 1. The van der Waals surface area contributed by atoms with Crippen molar-refractivity contribution in [3.63, 3.8) is 0 Å². The van der Waals surface area contributed by atoms with Crippen molar-refractivity contribution in [2.75, 3.05) is 5.32 Å². The lowest BCUT2D eigenvalue weighted by Crippen LogP contribution is -2.34. The Bertz CT molecular complexity index is 631. The van der Waals surface area contributed by atoms with Gasteiger partial charge in [-0.1, -0.05) is 18.2 Å². The molecule has 0 spiro atoms. The highest BCUT2D eigenvalue weighted by atomic mass is 16.4. The summed E-state index contributed by atoms with van der Waals surface area (Å²) in [5.41, 5.74) is 0.918. The summed E-state index contributed by atoms with van der Waals surface area (Å²) in [5, 5.41) is 15.1. The Balaban J connectivity index is 2.42. The lowest BCUT2D eigenvalue weighted by molar-refractivity contribution is 0.0692. The van der Waals surface area contributed by atoms with Crippen molar-refractivity contribution in [3.05, 3.63) is 30.0 Å². The molecule has 0 fully saturated rings. The maximum absolute atomic E-state index is 11.7. The molecule has 2 amide bonds. The topological polar surface area (TPSA) is 94.2 Å². The first kappa shape index (κ1) is 12.9. The van der Waals surface area contributed by atoms with Crippen LogP contribution in [0.1, 0.15) is 24.3 Å². The van der Waals surface area contributed by atoms with Gasteiger partial charge >= 0.3 is 12.0 Å². The molecule has 0 aliphatic carbocycles. The Labute approximate surface area is 109 Å². The van der Waals surface area contributed by atoms with Crippen molar-refractivity contribution in [1.29, 1.82) is 0 Å². The van der Waals surface area contributed by atoms with Gasteiger partial charge in [0.1, 0.15) is 5.69 Å². The van der Waals surface area contributed by atoms with Crippen LogP contribution >= 0.6 is 0 Å². The lowest BCUT2D eigenvalue weighted by Gasteiger charge is -2.10. The Kier molecular flexibility index (Phi) is 3.41. The van der Waals surface area contributed by atoms with Crippen LogP contribution in [0, 0.1) is 0 Å². The number of carbonyl (C=O) groups excluding carboxylic acids is 1. The van der Waals surface area contributed by atoms with Crippen molar-refractivity contribution < 1.29 is 14.7 Å². The predicted octanol–water partition coefficient (Wildman–Crippen LogP) is 2.40. The second-order valence-corrected chi connectivity index (χ2v) is 4.48. The number of nitrogens with one attached hydrogen (secondary N) is 3. The number of para-hydroxylation sites is 1. The second-order valence-electron chi connectivity index (χ2n) is 4.48. The molecule has 2 rings (SSSR count). The summed E-state index contributed by atoms with van der Waals surface area (Å²) < 4.78 is 0. The standard InChI is InChI=1S/C13H15N3O3/c1-7(2)14-13(19)16-10-8-5-3-4-6-9(8)15-11(10)12(17)18/h3-7,15H,1-2H3,(H,17,18)(H2,14,16,19). The van der Waals surface area contributed by atoms with Crippen LogP contribution in [0.2, 0.25) is 0 Å². The lowest BCUT2D eigenvalue weighted by atomic mass is 10.2. The van der Waals surface area contributed by atoms with E-state index < -0.39 is 12.0 Å². The number of rotatable bonds is 3. The number of benzene rings is 1. The van der Waals surface area contributed by atoms with Crippen LogP contribution in [0.3, 0.4) is 0 Å². The second kappa shape index (κ2) is 5.01. The molecule has 1 aromatic carbocycles. The zero-order chi connectivity index (χ0) is 14.0. The molecule has 19 heavy (non-hydrogen) atoms. The molecule has 0 aliphatic rings. The summed E-state index contributed by atoms with van der Waals surface area (Å²) >= 11 is 0. The van der Waals surface area contributed by atoms with Gasteiger partial charge in [0.25, 0.3) is 0 Å². The molecule has 0 saturated heterocycles. The average Bonchev–Trinajstić information content (AvgIpc) is 2.67. The molecule has 4 N–H and O–H groups in total. The van der Waals surface area contributed by atoms with Crippen molar-refractivity contribution >= 4 is 28.6 Å². The van der Waals surface area contributed by atoms with Gasteiger partial charge in [-0.3, -0.25) is 0 Å². The molecule has 1 heterocycles. The van der Waals surface area contributed by atoms with Gasteiger partial charge in [-0.15, -0.1) is 0 Å². The number of hydrogen-bond donors (Lipinski definition) is 4. The van der Waals surface area contributed by atoms with Crippen LogP contribution in [0.25, 0.3) is 10.9 Å². The quantitative estimate of drug-likeness (QED) is 0.683. The fourth-order valence-corrected chi connectivity index (χ4v) is 1.84. The van der Waals surface area contributed by atoms with Gasteiger partial charge in [0, 0.05) is 16.9 Å². The molecule has 0 bridgehead atoms. The number of H-pyrrole nitrogens is 1. The molecule has 2 aromatic rings. The molecule has 0 radical (unpaired) electrons. The van der Waals surface area contributed by atoms with Crippen molar-refractivity contribution in [3.8, 4) is 0 Å². The highest BCUT2D eigenvalue weighted by molar-refractivity contribution is 6.10. The monoisotopic (exact) mass is 261 g/mol. The first-order valence-corrected chi connectivity index (χ1v) is 5.90. The van der Waals surface area contributed by atoms with Crippen molar-refractivity contribution in [2.24, 2.45) is 0 Å². The fraction of sp³-hybridized carbons (Fsp3) is 0.231. The molecular weight excluding hydrogens is 246 g/mol. The maximum Gasteiger partial charge on any atom is 0.354 e. The zero-order valence-corrected chi connectivity index (χ0v) is 10.7. The normalized spacial score (nSPS) is 10.7. The van der Waals surface area contributed by atoms with Crippen LogP contribution in [-0.2, 0) is 0 Å². The van der Waals surface area contributed by atoms with E-state index in [0.717, 1.165) is 0 Å². The number of aromatic carboxylic acids is 1. The number of carboxylic acids is 1. The fourth-order valence-electron chi connectivity index (χ4n) is 1.84. The predicted molar refractivity (Wildman–Crippen MR) is 72.5 cm³/mol. The van der Waals surface area contributed by atoms with Crippen molar-refractivity contribution in [2.45, 2.75) is 19.9 Å². The van der Waals surface area contributed by atoms with Gasteiger partial charge in [0.15, 0.2) is 0 Å². The minimum atomic E-state index is -1.11. The van der Waals surface area contributed by atoms with Crippen LogP contribution in [0.15, 0.2) is 24.3 Å². The van der Waals surface area contributed by atoms with E-state index in [1.807, 2.05) is 13.8 Å². The Morgan fingerprint density at radius 3 is 2.58 bits per heavy atom. The van der Waals surface area contributed by atoms with E-state index in [-0.39, 0.29) is 17.4 Å². The van der Waals surface area contributed by atoms with Gasteiger partial charge < -0.3 is 20.7 Å². The Hall–Kier alpha value is -2.50. The summed E-state index contributed by atoms with van der Waals surface area (Å²) in [6.07, 6.45) is 0. The third-order valence-electron chi connectivity index (χ3n) is 2.58. The van der Waals surface area contributed by atoms with E-state index in [0.29, 0.717) is 10.9 Å². The minimum Gasteiger partial charge on any atom is -0.477 e. The van der Waals surface area contributed by atoms with Crippen LogP contribution in [-0.4, -0.2) is 28.1 Å². The van der Waals surface area contributed by atoms with Crippen LogP contribution < -0.4 is 10.6 Å². The van der Waals surface area contributed by atoms with Gasteiger partial charge in [-0.25, -0.2) is 9.59 Å². The third-order valence-corrected chi connectivity index (χ3v) is 2.58. The number of anilines is 1. The molecule has 6 heteroatoms. The number of aromatic amines is 1. The zero-order valence-electron chi connectivity index (χ0n) is 10.7. The van der Waals surface area contributed by atoms with Gasteiger partial charge in [0.05, 0.1) is 5.69 Å². The molecule has 100 valence electrons. The number of hydrogen-bond acceptors (Lipinski definition) is 2. The first-order valence-electron chi connectivity index (χ1n) is 5.90. The Morgan fingerprint density at radius 1 is 1.26 bits per heavy atom. The van der Waals surface area contributed by atoms with E-state index >= 15 is 0 Å². The smallest absolute Gasteiger partial charge is 0.354 e. The molecule has 6 nitrogen and oxygen atoms in total. The van der Waals surface area contributed by atoms with Gasteiger partial charge in [-0.05, 0) is 19.9 Å². The molecule has 0 atom stereocenters. The number of aromatic nitrogens is 1. The SMILES string of the molecule is CC(C)NC(=O)Nc1c(C(=O)O)[nH]c2ccccc12.